The highest BCUT2D eigenvalue weighted by Crippen LogP contribution is 2.19. The lowest BCUT2D eigenvalue weighted by atomic mass is 10.0. The van der Waals surface area contributed by atoms with Crippen LogP contribution < -0.4 is 5.32 Å². The lowest BCUT2D eigenvalue weighted by Gasteiger charge is -2.31. The molecule has 194 valence electrons. The van der Waals surface area contributed by atoms with Crippen LogP contribution in [-0.4, -0.2) is 79.1 Å². The number of esters is 1. The van der Waals surface area contributed by atoms with Gasteiger partial charge in [-0.05, 0) is 37.3 Å². The quantitative estimate of drug-likeness (QED) is 0.430. The van der Waals surface area contributed by atoms with Gasteiger partial charge in [0, 0.05) is 0 Å². The fraction of sp³-hybridized carbons (Fsp3) is 0.423. The van der Waals surface area contributed by atoms with E-state index in [4.69, 9.17) is 4.74 Å². The summed E-state index contributed by atoms with van der Waals surface area (Å²) in [6.07, 6.45) is 0.973. The number of carboxylic acid groups (broad SMARTS) is 1. The number of amides is 1. The average Bonchev–Trinajstić information content (AvgIpc) is 2.92. The normalized spacial score (nSPS) is 20.4. The molecule has 0 radical (unpaired) electrons. The minimum atomic E-state index is -3.76. The number of hydrogen-bond acceptors (Lipinski definition) is 7. The molecule has 0 bridgehead atoms. The van der Waals surface area contributed by atoms with Crippen molar-refractivity contribution in [2.45, 2.75) is 44.3 Å². The van der Waals surface area contributed by atoms with Crippen molar-refractivity contribution < 1.29 is 32.6 Å². The van der Waals surface area contributed by atoms with Crippen LogP contribution in [0.2, 0.25) is 0 Å². The lowest BCUT2D eigenvalue weighted by Crippen LogP contribution is -2.56. The van der Waals surface area contributed by atoms with Crippen molar-refractivity contribution in [3.63, 3.8) is 0 Å². The van der Waals surface area contributed by atoms with Crippen LogP contribution in [0.25, 0.3) is 0 Å². The maximum absolute atomic E-state index is 13.5. The second kappa shape index (κ2) is 12.6. The molecule has 3 atom stereocenters. The highest BCUT2D eigenvalue weighted by molar-refractivity contribution is 7.91. The van der Waals surface area contributed by atoms with Crippen molar-refractivity contribution in [2.24, 2.45) is 0 Å². The fourth-order valence-corrected chi connectivity index (χ4v) is 6.16. The SMILES string of the molecule is CCOC(=O)C(CCc1ccccc1)NC1CS(=O)(=O)CC(Cc2ccccc2)N(CC(=O)O)C1=O. The van der Waals surface area contributed by atoms with E-state index in [9.17, 15) is 27.9 Å². The third kappa shape index (κ3) is 7.89. The van der Waals surface area contributed by atoms with Crippen molar-refractivity contribution in [1.29, 1.82) is 0 Å². The van der Waals surface area contributed by atoms with E-state index in [2.05, 4.69) is 5.32 Å². The molecule has 2 aromatic carbocycles. The van der Waals surface area contributed by atoms with Gasteiger partial charge >= 0.3 is 11.9 Å². The van der Waals surface area contributed by atoms with Gasteiger partial charge in [-0.3, -0.25) is 19.7 Å². The van der Waals surface area contributed by atoms with Gasteiger partial charge in [-0.2, -0.15) is 0 Å². The number of benzene rings is 2. The summed E-state index contributed by atoms with van der Waals surface area (Å²) in [5.41, 5.74) is 1.77. The Balaban J connectivity index is 1.86. The van der Waals surface area contributed by atoms with Gasteiger partial charge in [0.25, 0.3) is 0 Å². The van der Waals surface area contributed by atoms with Gasteiger partial charge in [-0.25, -0.2) is 8.42 Å². The Hall–Kier alpha value is -3.24. The summed E-state index contributed by atoms with van der Waals surface area (Å²) in [6, 6.07) is 15.4. The zero-order valence-electron chi connectivity index (χ0n) is 20.2. The van der Waals surface area contributed by atoms with Crippen LogP contribution in [-0.2, 0) is 41.8 Å². The van der Waals surface area contributed by atoms with Crippen molar-refractivity contribution in [1.82, 2.24) is 10.2 Å². The standard InChI is InChI=1S/C26H32N2O7S/c1-2-35-26(32)22(14-13-19-9-5-3-6-10-19)27-23-18-36(33,34)17-21(15-20-11-7-4-8-12-20)28(25(23)31)16-24(29)30/h3-12,21-23,27H,2,13-18H2,1H3,(H,29,30). The van der Waals surface area contributed by atoms with Crippen LogP contribution in [0, 0.1) is 0 Å². The smallest absolute Gasteiger partial charge is 0.323 e. The molecular formula is C26H32N2O7S. The summed E-state index contributed by atoms with van der Waals surface area (Å²) in [7, 11) is -3.76. The maximum Gasteiger partial charge on any atom is 0.323 e. The Morgan fingerprint density at radius 2 is 1.67 bits per heavy atom. The second-order valence-electron chi connectivity index (χ2n) is 8.83. The summed E-state index contributed by atoms with van der Waals surface area (Å²) in [6.45, 7) is 1.15. The molecule has 2 aromatic rings. The Labute approximate surface area is 211 Å². The third-order valence-electron chi connectivity index (χ3n) is 6.05. The van der Waals surface area contributed by atoms with Gasteiger partial charge in [0.1, 0.15) is 18.6 Å². The molecule has 1 heterocycles. The zero-order chi connectivity index (χ0) is 26.1. The van der Waals surface area contributed by atoms with Gasteiger partial charge in [-0.15, -0.1) is 0 Å². The fourth-order valence-electron chi connectivity index (χ4n) is 4.39. The van der Waals surface area contributed by atoms with Gasteiger partial charge in [0.05, 0.1) is 24.2 Å². The van der Waals surface area contributed by atoms with Crippen molar-refractivity contribution in [3.8, 4) is 0 Å². The number of carbonyl (C=O) groups excluding carboxylic acids is 2. The second-order valence-corrected chi connectivity index (χ2v) is 11.0. The molecule has 1 aliphatic heterocycles. The van der Waals surface area contributed by atoms with Crippen molar-refractivity contribution in [2.75, 3.05) is 24.7 Å². The number of hydrogen-bond donors (Lipinski definition) is 2. The van der Waals surface area contributed by atoms with E-state index in [-0.39, 0.29) is 25.2 Å². The van der Waals surface area contributed by atoms with E-state index in [1.165, 1.54) is 0 Å². The molecule has 0 aliphatic carbocycles. The minimum Gasteiger partial charge on any atom is -0.480 e. The molecule has 2 N–H and O–H groups in total. The molecule has 1 fully saturated rings. The Bertz CT molecular complexity index is 1140. The van der Waals surface area contributed by atoms with E-state index in [1.807, 2.05) is 36.4 Å². The highest BCUT2D eigenvalue weighted by Gasteiger charge is 2.41. The molecule has 0 spiro atoms. The number of carboxylic acids is 1. The number of rotatable bonds is 11. The van der Waals surface area contributed by atoms with E-state index in [0.29, 0.717) is 6.42 Å². The van der Waals surface area contributed by atoms with Gasteiger partial charge in [0.15, 0.2) is 9.84 Å². The van der Waals surface area contributed by atoms with Crippen LogP contribution in [0.3, 0.4) is 0 Å². The first-order valence-electron chi connectivity index (χ1n) is 11.9. The van der Waals surface area contributed by atoms with Gasteiger partial charge in [0.2, 0.25) is 5.91 Å². The number of ether oxygens (including phenoxy) is 1. The molecule has 3 unspecified atom stereocenters. The van der Waals surface area contributed by atoms with Crippen LogP contribution in [0.15, 0.2) is 60.7 Å². The molecule has 1 aliphatic rings. The molecule has 0 aromatic heterocycles. The summed E-state index contributed by atoms with van der Waals surface area (Å²) in [5, 5.41) is 12.4. The summed E-state index contributed by atoms with van der Waals surface area (Å²) >= 11 is 0. The largest absolute Gasteiger partial charge is 0.480 e. The Morgan fingerprint density at radius 1 is 1.06 bits per heavy atom. The average molecular weight is 517 g/mol. The minimum absolute atomic E-state index is 0.129. The maximum atomic E-state index is 13.5. The van der Waals surface area contributed by atoms with E-state index >= 15 is 0 Å². The van der Waals surface area contributed by atoms with Crippen LogP contribution in [0.5, 0.6) is 0 Å². The number of carbonyl (C=O) groups is 3. The molecule has 9 nitrogen and oxygen atoms in total. The monoisotopic (exact) mass is 516 g/mol. The van der Waals surface area contributed by atoms with Crippen LogP contribution >= 0.6 is 0 Å². The predicted molar refractivity (Wildman–Crippen MR) is 134 cm³/mol. The predicted octanol–water partition coefficient (Wildman–Crippen LogP) is 1.46. The first-order chi connectivity index (χ1) is 17.2. The van der Waals surface area contributed by atoms with Gasteiger partial charge < -0.3 is 14.7 Å². The molecule has 36 heavy (non-hydrogen) atoms. The number of nitrogens with one attached hydrogen (secondary N) is 1. The Morgan fingerprint density at radius 3 is 2.25 bits per heavy atom. The van der Waals surface area contributed by atoms with Crippen LogP contribution in [0.4, 0.5) is 0 Å². The molecule has 1 amide bonds. The number of aryl methyl sites for hydroxylation is 1. The molecule has 10 heteroatoms. The Kier molecular flexibility index (Phi) is 9.60. The van der Waals surface area contributed by atoms with E-state index < -0.39 is 58.1 Å². The van der Waals surface area contributed by atoms with Gasteiger partial charge in [-0.1, -0.05) is 60.7 Å². The van der Waals surface area contributed by atoms with Crippen molar-refractivity contribution >= 4 is 27.7 Å². The van der Waals surface area contributed by atoms with E-state index in [0.717, 1.165) is 16.0 Å². The third-order valence-corrected chi connectivity index (χ3v) is 7.78. The number of aliphatic carboxylic acids is 1. The van der Waals surface area contributed by atoms with Crippen molar-refractivity contribution in [3.05, 3.63) is 71.8 Å². The lowest BCUT2D eigenvalue weighted by molar-refractivity contribution is -0.149. The van der Waals surface area contributed by atoms with E-state index in [1.54, 1.807) is 31.2 Å². The summed E-state index contributed by atoms with van der Waals surface area (Å²) in [5.74, 6) is -3.39. The molecular weight excluding hydrogens is 484 g/mol. The number of sulfone groups is 1. The first kappa shape index (κ1) is 27.3. The first-order valence-corrected chi connectivity index (χ1v) is 13.7. The zero-order valence-corrected chi connectivity index (χ0v) is 21.0. The summed E-state index contributed by atoms with van der Waals surface area (Å²) < 4.78 is 31.2. The molecule has 0 saturated carbocycles. The number of nitrogens with zero attached hydrogens (tertiary/aromatic N) is 1. The highest BCUT2D eigenvalue weighted by atomic mass is 32.2. The molecule has 1 saturated heterocycles. The molecule has 3 rings (SSSR count). The topological polar surface area (TPSA) is 130 Å². The summed E-state index contributed by atoms with van der Waals surface area (Å²) in [4.78, 5) is 39.0. The van der Waals surface area contributed by atoms with Crippen LogP contribution in [0.1, 0.15) is 24.5 Å².